The number of nitrogens with zero attached hydrogens (tertiary/aromatic N) is 3. The summed E-state index contributed by atoms with van der Waals surface area (Å²) in [4.78, 5) is 26.0. The highest BCUT2D eigenvalue weighted by molar-refractivity contribution is 7.17. The number of aromatic nitrogens is 3. The fraction of sp³-hybridized carbons (Fsp3) is 0.444. The number of hydrogen-bond acceptors (Lipinski definition) is 8. The minimum atomic E-state index is -0.202. The van der Waals surface area contributed by atoms with E-state index in [9.17, 15) is 4.79 Å². The van der Waals surface area contributed by atoms with Crippen LogP contribution in [0.15, 0.2) is 24.0 Å². The van der Waals surface area contributed by atoms with Crippen molar-refractivity contribution in [2.45, 2.75) is 19.3 Å². The van der Waals surface area contributed by atoms with Crippen molar-refractivity contribution >= 4 is 49.9 Å². The average Bonchev–Trinajstić information content (AvgIpc) is 3.37. The largest absolute Gasteiger partial charge is 0.381 e. The van der Waals surface area contributed by atoms with Crippen LogP contribution in [0.25, 0.3) is 10.2 Å². The predicted molar refractivity (Wildman–Crippen MR) is 112 cm³/mol. The second-order valence-electron chi connectivity index (χ2n) is 6.56. The molecule has 0 aliphatic carbocycles. The third-order valence-electron chi connectivity index (χ3n) is 4.57. The monoisotopic (exact) mass is 418 g/mol. The number of carbonyl (C=O) groups excluding carboxylic acids is 1. The predicted octanol–water partition coefficient (Wildman–Crippen LogP) is 3.35. The molecule has 148 valence electrons. The van der Waals surface area contributed by atoms with E-state index >= 15 is 0 Å². The van der Waals surface area contributed by atoms with Crippen LogP contribution >= 0.6 is 22.7 Å². The Morgan fingerprint density at radius 2 is 2.14 bits per heavy atom. The number of fused-ring (bicyclic) bond motifs is 1. The van der Waals surface area contributed by atoms with Gasteiger partial charge in [0.1, 0.15) is 12.1 Å². The van der Waals surface area contributed by atoms with E-state index in [0.717, 1.165) is 59.9 Å². The topological polar surface area (TPSA) is 101 Å². The maximum atomic E-state index is 12.1. The van der Waals surface area contributed by atoms with Crippen molar-refractivity contribution in [3.8, 4) is 0 Å². The van der Waals surface area contributed by atoms with Gasteiger partial charge in [-0.1, -0.05) is 0 Å². The number of amides is 2. The summed E-state index contributed by atoms with van der Waals surface area (Å²) in [5, 5.41) is 11.7. The summed E-state index contributed by atoms with van der Waals surface area (Å²) in [6.07, 6.45) is 6.18. The minimum absolute atomic E-state index is 0.202. The fourth-order valence-corrected chi connectivity index (χ4v) is 4.65. The van der Waals surface area contributed by atoms with Gasteiger partial charge in [0.25, 0.3) is 0 Å². The first-order valence-electron chi connectivity index (χ1n) is 9.27. The molecule has 0 aromatic carbocycles. The van der Waals surface area contributed by atoms with Gasteiger partial charge in [-0.05, 0) is 30.2 Å². The van der Waals surface area contributed by atoms with Gasteiger partial charge in [0.05, 0.1) is 10.2 Å². The van der Waals surface area contributed by atoms with Crippen molar-refractivity contribution < 1.29 is 9.53 Å². The van der Waals surface area contributed by atoms with Crippen LogP contribution in [0.3, 0.4) is 0 Å². The Hall–Kier alpha value is -2.30. The quantitative estimate of drug-likeness (QED) is 0.544. The van der Waals surface area contributed by atoms with Crippen LogP contribution in [0.1, 0.15) is 17.7 Å². The van der Waals surface area contributed by atoms with Crippen molar-refractivity contribution in [3.63, 3.8) is 0 Å². The van der Waals surface area contributed by atoms with Gasteiger partial charge in [0.15, 0.2) is 5.13 Å². The Bertz CT molecular complexity index is 922. The van der Waals surface area contributed by atoms with Crippen LogP contribution in [0.2, 0.25) is 0 Å². The summed E-state index contributed by atoms with van der Waals surface area (Å²) in [7, 11) is 0. The van der Waals surface area contributed by atoms with E-state index in [0.29, 0.717) is 17.6 Å². The molecule has 3 aromatic heterocycles. The summed E-state index contributed by atoms with van der Waals surface area (Å²) in [5.41, 5.74) is 0.957. The first-order valence-corrected chi connectivity index (χ1v) is 11.0. The number of anilines is 2. The fourth-order valence-electron chi connectivity index (χ4n) is 3.03. The zero-order chi connectivity index (χ0) is 19.2. The van der Waals surface area contributed by atoms with Crippen molar-refractivity contribution in [3.05, 3.63) is 28.8 Å². The van der Waals surface area contributed by atoms with Gasteiger partial charge in [-0.3, -0.25) is 5.32 Å². The molecular formula is C18H22N6O2S2. The van der Waals surface area contributed by atoms with Crippen molar-refractivity contribution in [1.82, 2.24) is 20.3 Å². The number of hydrogen-bond donors (Lipinski definition) is 3. The molecule has 0 atom stereocenters. The van der Waals surface area contributed by atoms with Crippen molar-refractivity contribution in [1.29, 1.82) is 0 Å². The van der Waals surface area contributed by atoms with Crippen LogP contribution in [-0.2, 0) is 11.2 Å². The van der Waals surface area contributed by atoms with Crippen LogP contribution in [0.5, 0.6) is 0 Å². The van der Waals surface area contributed by atoms with Crippen molar-refractivity contribution in [2.24, 2.45) is 5.92 Å². The highest BCUT2D eigenvalue weighted by Crippen LogP contribution is 2.25. The van der Waals surface area contributed by atoms with E-state index in [-0.39, 0.29) is 6.03 Å². The number of rotatable bonds is 7. The summed E-state index contributed by atoms with van der Waals surface area (Å²) < 4.78 is 6.40. The van der Waals surface area contributed by atoms with E-state index < -0.39 is 0 Å². The normalized spacial score (nSPS) is 14.9. The molecule has 1 aliphatic heterocycles. The zero-order valence-electron chi connectivity index (χ0n) is 15.3. The third-order valence-corrected chi connectivity index (χ3v) is 6.46. The van der Waals surface area contributed by atoms with Gasteiger partial charge in [-0.2, -0.15) is 0 Å². The van der Waals surface area contributed by atoms with Crippen LogP contribution in [-0.4, -0.2) is 47.3 Å². The molecular weight excluding hydrogens is 396 g/mol. The molecule has 4 rings (SSSR count). The maximum Gasteiger partial charge on any atom is 0.321 e. The average molecular weight is 419 g/mol. The van der Waals surface area contributed by atoms with Gasteiger partial charge in [-0.25, -0.2) is 19.7 Å². The summed E-state index contributed by atoms with van der Waals surface area (Å²) in [5.74, 6) is 1.35. The summed E-state index contributed by atoms with van der Waals surface area (Å²) in [6, 6.07) is 1.78. The number of carbonyl (C=O) groups is 1. The van der Waals surface area contributed by atoms with Crippen molar-refractivity contribution in [2.75, 3.05) is 36.9 Å². The lowest BCUT2D eigenvalue weighted by Crippen LogP contribution is -2.35. The molecule has 0 saturated carbocycles. The molecule has 1 saturated heterocycles. The lowest BCUT2D eigenvalue weighted by atomic mass is 10.0. The Balaban J connectivity index is 1.21. The number of nitrogens with one attached hydrogen (secondary N) is 3. The molecule has 2 amide bonds. The summed E-state index contributed by atoms with van der Waals surface area (Å²) in [6.45, 7) is 2.98. The second-order valence-corrected chi connectivity index (χ2v) is 8.59. The van der Waals surface area contributed by atoms with Gasteiger partial charge in [0, 0.05) is 43.8 Å². The van der Waals surface area contributed by atoms with Crippen LogP contribution in [0.4, 0.5) is 15.7 Å². The SMILES string of the molecule is O=C(NCC1CCOCC1)Nc1ncc(CCNc2ncnc3ccsc23)s1. The molecule has 3 N–H and O–H groups in total. The molecule has 28 heavy (non-hydrogen) atoms. The Labute approximate surface area is 170 Å². The first-order chi connectivity index (χ1) is 13.8. The highest BCUT2D eigenvalue weighted by atomic mass is 32.1. The smallest absolute Gasteiger partial charge is 0.321 e. The van der Waals surface area contributed by atoms with Gasteiger partial charge >= 0.3 is 6.03 Å². The number of thiazole rings is 1. The minimum Gasteiger partial charge on any atom is -0.381 e. The molecule has 10 heteroatoms. The third kappa shape index (κ3) is 4.94. The molecule has 0 spiro atoms. The standard InChI is InChI=1S/C18H22N6O2S2/c25-17(20-9-12-2-6-26-7-3-12)24-18-21-10-13(28-18)1-5-19-16-15-14(4-8-27-15)22-11-23-16/h4,8,10-12H,1-3,5-7,9H2,(H,19,22,23)(H2,20,21,24,25). The second kappa shape index (κ2) is 9.26. The molecule has 0 bridgehead atoms. The molecule has 3 aromatic rings. The Kier molecular flexibility index (Phi) is 6.30. The van der Waals surface area contributed by atoms with Gasteiger partial charge < -0.3 is 15.4 Å². The zero-order valence-corrected chi connectivity index (χ0v) is 16.9. The van der Waals surface area contributed by atoms with E-state index in [1.807, 2.05) is 11.4 Å². The van der Waals surface area contributed by atoms with Gasteiger partial charge in [0.2, 0.25) is 0 Å². The lowest BCUT2D eigenvalue weighted by molar-refractivity contribution is 0.0671. The number of thiophene rings is 1. The van der Waals surface area contributed by atoms with Gasteiger partial charge in [-0.15, -0.1) is 22.7 Å². The molecule has 0 radical (unpaired) electrons. The molecule has 0 unspecified atom stereocenters. The Morgan fingerprint density at radius 1 is 1.25 bits per heavy atom. The lowest BCUT2D eigenvalue weighted by Gasteiger charge is -2.22. The Morgan fingerprint density at radius 3 is 3.04 bits per heavy atom. The van der Waals surface area contributed by atoms with Crippen LogP contribution < -0.4 is 16.0 Å². The van der Waals surface area contributed by atoms with E-state index in [2.05, 4.69) is 30.9 Å². The molecule has 1 fully saturated rings. The number of ether oxygens (including phenoxy) is 1. The molecule has 1 aliphatic rings. The summed E-state index contributed by atoms with van der Waals surface area (Å²) >= 11 is 3.12. The van der Waals surface area contributed by atoms with E-state index in [1.165, 1.54) is 11.3 Å². The van der Waals surface area contributed by atoms with E-state index in [4.69, 9.17) is 4.74 Å². The molecule has 4 heterocycles. The molecule has 8 nitrogen and oxygen atoms in total. The maximum absolute atomic E-state index is 12.1. The van der Waals surface area contributed by atoms with E-state index in [1.54, 1.807) is 23.9 Å². The highest BCUT2D eigenvalue weighted by Gasteiger charge is 2.15. The number of urea groups is 1. The first kappa shape index (κ1) is 19.0. The van der Waals surface area contributed by atoms with Crippen LogP contribution in [0, 0.1) is 5.92 Å².